The molecular weight excluding hydrogens is 206 g/mol. The fourth-order valence-electron chi connectivity index (χ4n) is 1.29. The van der Waals surface area contributed by atoms with Gasteiger partial charge in [-0.2, -0.15) is 0 Å². The number of aromatic hydroxyl groups is 1. The van der Waals surface area contributed by atoms with Crippen molar-refractivity contribution in [2.75, 3.05) is 13.6 Å². The second kappa shape index (κ2) is 6.85. The summed E-state index contributed by atoms with van der Waals surface area (Å²) < 4.78 is 5.02. The largest absolute Gasteiger partial charge is 0.504 e. The Labute approximate surface area is 95.2 Å². The van der Waals surface area contributed by atoms with E-state index in [1.807, 2.05) is 7.05 Å². The van der Waals surface area contributed by atoms with E-state index in [9.17, 15) is 9.90 Å². The number of nitrogens with one attached hydrogen (secondary N) is 1. The minimum Gasteiger partial charge on any atom is -0.504 e. The van der Waals surface area contributed by atoms with Crippen LogP contribution in [0.5, 0.6) is 11.5 Å². The van der Waals surface area contributed by atoms with Gasteiger partial charge in [-0.15, -0.1) is 0 Å². The topological polar surface area (TPSA) is 58.6 Å². The first-order valence-corrected chi connectivity index (χ1v) is 5.37. The van der Waals surface area contributed by atoms with Crippen LogP contribution in [0.25, 0.3) is 0 Å². The Morgan fingerprint density at radius 1 is 1.38 bits per heavy atom. The molecule has 0 amide bonds. The molecule has 1 aromatic rings. The molecule has 16 heavy (non-hydrogen) atoms. The van der Waals surface area contributed by atoms with Crippen LogP contribution >= 0.6 is 0 Å². The van der Waals surface area contributed by atoms with Gasteiger partial charge in [0.1, 0.15) is 0 Å². The van der Waals surface area contributed by atoms with Crippen LogP contribution in [0.1, 0.15) is 19.3 Å². The second-order valence-corrected chi connectivity index (χ2v) is 3.50. The Kier molecular flexibility index (Phi) is 5.36. The predicted molar refractivity (Wildman–Crippen MR) is 61.5 cm³/mol. The molecule has 0 aliphatic rings. The summed E-state index contributed by atoms with van der Waals surface area (Å²) in [5, 5.41) is 12.4. The lowest BCUT2D eigenvalue weighted by atomic mass is 10.2. The maximum atomic E-state index is 11.4. The Morgan fingerprint density at radius 3 is 2.81 bits per heavy atom. The van der Waals surface area contributed by atoms with Crippen LogP contribution in [0.2, 0.25) is 0 Å². The van der Waals surface area contributed by atoms with Gasteiger partial charge < -0.3 is 15.2 Å². The van der Waals surface area contributed by atoms with Gasteiger partial charge in [0, 0.05) is 6.42 Å². The predicted octanol–water partition coefficient (Wildman–Crippen LogP) is 1.69. The number of unbranched alkanes of at least 4 members (excludes halogenated alkanes) is 1. The lowest BCUT2D eigenvalue weighted by Crippen LogP contribution is -2.11. The van der Waals surface area contributed by atoms with Crippen LogP contribution in [-0.4, -0.2) is 24.7 Å². The molecule has 88 valence electrons. The SMILES string of the molecule is CNCCCCC(=O)Oc1ccccc1O. The molecule has 4 nitrogen and oxygen atoms in total. The fourth-order valence-corrected chi connectivity index (χ4v) is 1.29. The zero-order chi connectivity index (χ0) is 11.8. The van der Waals surface area contributed by atoms with Gasteiger partial charge in [-0.3, -0.25) is 4.79 Å². The molecule has 0 bridgehead atoms. The number of ether oxygens (including phenoxy) is 1. The lowest BCUT2D eigenvalue weighted by Gasteiger charge is -2.05. The molecular formula is C12H17NO3. The summed E-state index contributed by atoms with van der Waals surface area (Å²) >= 11 is 0. The molecule has 0 saturated carbocycles. The molecule has 0 spiro atoms. The summed E-state index contributed by atoms with van der Waals surface area (Å²) in [6.07, 6.45) is 2.09. The van der Waals surface area contributed by atoms with E-state index < -0.39 is 0 Å². The average molecular weight is 223 g/mol. The van der Waals surface area contributed by atoms with Gasteiger partial charge in [0.25, 0.3) is 0 Å². The number of hydrogen-bond acceptors (Lipinski definition) is 4. The highest BCUT2D eigenvalue weighted by Gasteiger charge is 2.07. The van der Waals surface area contributed by atoms with Crippen molar-refractivity contribution in [3.8, 4) is 11.5 Å². The molecule has 0 atom stereocenters. The van der Waals surface area contributed by atoms with Gasteiger partial charge in [-0.1, -0.05) is 12.1 Å². The number of rotatable bonds is 6. The van der Waals surface area contributed by atoms with Crippen LogP contribution in [-0.2, 0) is 4.79 Å². The van der Waals surface area contributed by atoms with E-state index >= 15 is 0 Å². The summed E-state index contributed by atoms with van der Waals surface area (Å²) in [6.45, 7) is 0.893. The van der Waals surface area contributed by atoms with Crippen molar-refractivity contribution in [3.63, 3.8) is 0 Å². The van der Waals surface area contributed by atoms with Crippen molar-refractivity contribution in [3.05, 3.63) is 24.3 Å². The average Bonchev–Trinajstić information content (AvgIpc) is 2.28. The second-order valence-electron chi connectivity index (χ2n) is 3.50. The number of para-hydroxylation sites is 2. The number of phenolic OH excluding ortho intramolecular Hbond substituents is 1. The zero-order valence-corrected chi connectivity index (χ0v) is 9.40. The first-order valence-electron chi connectivity index (χ1n) is 5.37. The van der Waals surface area contributed by atoms with E-state index in [1.165, 1.54) is 6.07 Å². The van der Waals surface area contributed by atoms with Crippen LogP contribution in [0.3, 0.4) is 0 Å². The summed E-state index contributed by atoms with van der Waals surface area (Å²) in [4.78, 5) is 11.4. The summed E-state index contributed by atoms with van der Waals surface area (Å²) in [5.41, 5.74) is 0. The monoisotopic (exact) mass is 223 g/mol. The van der Waals surface area contributed by atoms with Crippen molar-refractivity contribution >= 4 is 5.97 Å². The molecule has 0 saturated heterocycles. The molecule has 0 unspecified atom stereocenters. The Balaban J connectivity index is 2.32. The van der Waals surface area contributed by atoms with Gasteiger partial charge >= 0.3 is 5.97 Å². The van der Waals surface area contributed by atoms with Crippen LogP contribution in [0.15, 0.2) is 24.3 Å². The van der Waals surface area contributed by atoms with Crippen molar-refractivity contribution < 1.29 is 14.6 Å². The third kappa shape index (κ3) is 4.31. The minimum atomic E-state index is -0.308. The summed E-state index contributed by atoms with van der Waals surface area (Å²) in [7, 11) is 1.88. The first-order chi connectivity index (χ1) is 7.74. The Hall–Kier alpha value is -1.55. The smallest absolute Gasteiger partial charge is 0.311 e. The molecule has 0 radical (unpaired) electrons. The minimum absolute atomic E-state index is 0.00826. The summed E-state index contributed by atoms with van der Waals surface area (Å²) in [5.74, 6) is -0.0928. The van der Waals surface area contributed by atoms with Gasteiger partial charge in [-0.05, 0) is 38.6 Å². The summed E-state index contributed by atoms with van der Waals surface area (Å²) in [6, 6.07) is 6.45. The fraction of sp³-hybridized carbons (Fsp3) is 0.417. The highest BCUT2D eigenvalue weighted by molar-refractivity contribution is 5.73. The van der Waals surface area contributed by atoms with Crippen molar-refractivity contribution in [2.45, 2.75) is 19.3 Å². The Bertz CT molecular complexity index is 339. The molecule has 0 aliphatic carbocycles. The van der Waals surface area contributed by atoms with Crippen LogP contribution < -0.4 is 10.1 Å². The number of esters is 1. The maximum Gasteiger partial charge on any atom is 0.311 e. The molecule has 4 heteroatoms. The highest BCUT2D eigenvalue weighted by atomic mass is 16.5. The molecule has 0 aliphatic heterocycles. The standard InChI is InChI=1S/C12H17NO3/c1-13-9-5-4-8-12(15)16-11-7-3-2-6-10(11)14/h2-3,6-7,13-14H,4-5,8-9H2,1H3. The molecule has 1 aromatic carbocycles. The molecule has 0 heterocycles. The van der Waals surface area contributed by atoms with Crippen molar-refractivity contribution in [1.29, 1.82) is 0 Å². The van der Waals surface area contributed by atoms with E-state index in [1.54, 1.807) is 18.2 Å². The number of hydrogen-bond donors (Lipinski definition) is 2. The van der Waals surface area contributed by atoms with Crippen molar-refractivity contribution in [1.82, 2.24) is 5.32 Å². The van der Waals surface area contributed by atoms with Crippen LogP contribution in [0.4, 0.5) is 0 Å². The van der Waals surface area contributed by atoms with E-state index in [0.717, 1.165) is 19.4 Å². The third-order valence-corrected chi connectivity index (χ3v) is 2.15. The molecule has 0 fully saturated rings. The van der Waals surface area contributed by atoms with E-state index in [0.29, 0.717) is 6.42 Å². The lowest BCUT2D eigenvalue weighted by molar-refractivity contribution is -0.134. The van der Waals surface area contributed by atoms with E-state index in [2.05, 4.69) is 5.32 Å². The molecule has 0 aromatic heterocycles. The maximum absolute atomic E-state index is 11.4. The van der Waals surface area contributed by atoms with Gasteiger partial charge in [0.15, 0.2) is 11.5 Å². The third-order valence-electron chi connectivity index (χ3n) is 2.15. The van der Waals surface area contributed by atoms with Gasteiger partial charge in [0.05, 0.1) is 0 Å². The highest BCUT2D eigenvalue weighted by Crippen LogP contribution is 2.24. The molecule has 1 rings (SSSR count). The van der Waals surface area contributed by atoms with Gasteiger partial charge in [-0.25, -0.2) is 0 Å². The zero-order valence-electron chi connectivity index (χ0n) is 9.40. The number of benzene rings is 1. The Morgan fingerprint density at radius 2 is 2.12 bits per heavy atom. The first kappa shape index (κ1) is 12.5. The quantitative estimate of drug-likeness (QED) is 0.437. The number of phenols is 1. The van der Waals surface area contributed by atoms with E-state index in [-0.39, 0.29) is 17.5 Å². The van der Waals surface area contributed by atoms with Crippen molar-refractivity contribution in [2.24, 2.45) is 0 Å². The van der Waals surface area contributed by atoms with Gasteiger partial charge in [0.2, 0.25) is 0 Å². The number of carbonyl (C=O) groups is 1. The van der Waals surface area contributed by atoms with E-state index in [4.69, 9.17) is 4.74 Å². The molecule has 2 N–H and O–H groups in total. The normalized spacial score (nSPS) is 10.1. The number of carbonyl (C=O) groups excluding carboxylic acids is 1. The van der Waals surface area contributed by atoms with Crippen LogP contribution in [0, 0.1) is 0 Å².